The van der Waals surface area contributed by atoms with Crippen molar-refractivity contribution in [1.82, 2.24) is 0 Å². The molecule has 0 bridgehead atoms. The van der Waals surface area contributed by atoms with Crippen LogP contribution in [0.1, 0.15) is 21.5 Å². The van der Waals surface area contributed by atoms with E-state index in [0.29, 0.717) is 21.1 Å². The van der Waals surface area contributed by atoms with Crippen LogP contribution in [-0.2, 0) is 0 Å². The van der Waals surface area contributed by atoms with E-state index in [4.69, 9.17) is 34.7 Å². The molecule has 6 N–H and O–H groups in total. The first-order valence-electron chi connectivity index (χ1n) is 9.76. The average molecular weight is 468 g/mol. The Balaban J connectivity index is 0.000000269. The molecule has 4 aromatic carbocycles. The third kappa shape index (κ3) is 5.25. The molecule has 0 atom stereocenters. The van der Waals surface area contributed by atoms with E-state index in [9.17, 15) is 9.90 Å². The quantitative estimate of drug-likeness (QED) is 0.197. The van der Waals surface area contributed by atoms with Gasteiger partial charge in [-0.15, -0.1) is 0 Å². The summed E-state index contributed by atoms with van der Waals surface area (Å²) in [5.74, 6) is -0.661. The van der Waals surface area contributed by atoms with Crippen LogP contribution in [0.2, 0.25) is 10.0 Å². The summed E-state index contributed by atoms with van der Waals surface area (Å²) in [6, 6.07) is 19.6. The molecule has 164 valence electrons. The topological polar surface area (TPSA) is 101 Å². The third-order valence-electron chi connectivity index (χ3n) is 4.99. The molecule has 4 aromatic rings. The second-order valence-corrected chi connectivity index (χ2v) is 8.19. The number of halogens is 2. The summed E-state index contributed by atoms with van der Waals surface area (Å²) in [5, 5.41) is 15.7. The zero-order valence-corrected chi connectivity index (χ0v) is 19.1. The normalized spacial score (nSPS) is 10.4. The van der Waals surface area contributed by atoms with E-state index >= 15 is 0 Å². The first-order valence-corrected chi connectivity index (χ1v) is 10.5. The number of hydrogen-bond acceptors (Lipinski definition) is 4. The Hall–Kier alpha value is -3.41. The highest BCUT2D eigenvalue weighted by Gasteiger charge is 2.17. The molecule has 0 radical (unpaired) electrons. The highest BCUT2D eigenvalue weighted by atomic mass is 35.5. The maximum atomic E-state index is 12.5. The summed E-state index contributed by atoms with van der Waals surface area (Å²) < 4.78 is 0. The van der Waals surface area contributed by atoms with Gasteiger partial charge in [0.1, 0.15) is 0 Å². The van der Waals surface area contributed by atoms with Crippen LogP contribution in [0.4, 0.5) is 17.1 Å². The first kappa shape index (κ1) is 23.3. The molecule has 0 fully saturated rings. The molecule has 0 aliphatic rings. The van der Waals surface area contributed by atoms with Crippen molar-refractivity contribution in [2.24, 2.45) is 0 Å². The smallest absolute Gasteiger partial charge is 0.259 e. The number of benzene rings is 4. The van der Waals surface area contributed by atoms with Crippen molar-refractivity contribution in [3.05, 3.63) is 93.5 Å². The summed E-state index contributed by atoms with van der Waals surface area (Å²) in [4.78, 5) is 12.5. The van der Waals surface area contributed by atoms with Crippen LogP contribution in [0.3, 0.4) is 0 Å². The number of nitrogen functional groups attached to an aromatic ring is 2. The minimum atomic E-state index is -0.440. The summed E-state index contributed by atoms with van der Waals surface area (Å²) in [6.07, 6.45) is 0. The number of aromatic hydroxyl groups is 1. The molecule has 0 aromatic heterocycles. The number of carbonyl (C=O) groups excluding carboxylic acids is 1. The van der Waals surface area contributed by atoms with Gasteiger partial charge in [-0.25, -0.2) is 0 Å². The van der Waals surface area contributed by atoms with Crippen LogP contribution >= 0.6 is 23.2 Å². The van der Waals surface area contributed by atoms with E-state index in [-0.39, 0.29) is 17.0 Å². The molecule has 4 rings (SSSR count). The number of anilines is 3. The van der Waals surface area contributed by atoms with E-state index in [2.05, 4.69) is 5.32 Å². The predicted octanol–water partition coefficient (Wildman–Crippen LogP) is 6.57. The van der Waals surface area contributed by atoms with Crippen LogP contribution in [0, 0.1) is 13.8 Å². The Morgan fingerprint density at radius 2 is 1.50 bits per heavy atom. The van der Waals surface area contributed by atoms with Crippen molar-refractivity contribution in [2.75, 3.05) is 16.8 Å². The Kier molecular flexibility index (Phi) is 7.13. The van der Waals surface area contributed by atoms with Crippen molar-refractivity contribution in [2.45, 2.75) is 13.8 Å². The van der Waals surface area contributed by atoms with Gasteiger partial charge >= 0.3 is 0 Å². The number of carbonyl (C=O) groups is 1. The number of nitrogens with one attached hydrogen (secondary N) is 1. The van der Waals surface area contributed by atoms with Crippen LogP contribution in [0.25, 0.3) is 10.8 Å². The van der Waals surface area contributed by atoms with Gasteiger partial charge in [-0.3, -0.25) is 4.79 Å². The summed E-state index contributed by atoms with van der Waals surface area (Å²) >= 11 is 11.6. The molecule has 0 aliphatic heterocycles. The van der Waals surface area contributed by atoms with Crippen molar-refractivity contribution >= 4 is 56.9 Å². The molecule has 0 saturated heterocycles. The molecule has 1 amide bonds. The van der Waals surface area contributed by atoms with Gasteiger partial charge in [0, 0.05) is 26.8 Å². The summed E-state index contributed by atoms with van der Waals surface area (Å²) in [6.45, 7) is 3.81. The average Bonchev–Trinajstić information content (AvgIpc) is 2.76. The molecular formula is C25H23Cl2N3O2. The van der Waals surface area contributed by atoms with Gasteiger partial charge in [-0.05, 0) is 60.7 Å². The highest BCUT2D eigenvalue weighted by molar-refractivity contribution is 6.31. The Bertz CT molecular complexity index is 1310. The predicted molar refractivity (Wildman–Crippen MR) is 135 cm³/mol. The first-order chi connectivity index (χ1) is 15.2. The van der Waals surface area contributed by atoms with Crippen LogP contribution in [-0.4, -0.2) is 11.0 Å². The number of rotatable bonds is 2. The highest BCUT2D eigenvalue weighted by Crippen LogP contribution is 2.34. The zero-order valence-electron chi connectivity index (χ0n) is 17.6. The van der Waals surface area contributed by atoms with Gasteiger partial charge in [0.05, 0.1) is 11.3 Å². The van der Waals surface area contributed by atoms with E-state index < -0.39 is 5.91 Å². The molecular weight excluding hydrogens is 445 g/mol. The van der Waals surface area contributed by atoms with Crippen molar-refractivity contribution in [3.63, 3.8) is 0 Å². The van der Waals surface area contributed by atoms with Gasteiger partial charge in [0.2, 0.25) is 0 Å². The SMILES string of the molecule is Cc1ccc(Cl)cc1N.Cc1ccc(Cl)cc1NC(=O)c1cc2ccccc2c(N)c1O. The largest absolute Gasteiger partial charge is 0.505 e. The molecule has 5 nitrogen and oxygen atoms in total. The van der Waals surface area contributed by atoms with Crippen LogP contribution in [0.15, 0.2) is 66.7 Å². The van der Waals surface area contributed by atoms with E-state index in [1.165, 1.54) is 0 Å². The van der Waals surface area contributed by atoms with Crippen molar-refractivity contribution in [1.29, 1.82) is 0 Å². The Labute approximate surface area is 196 Å². The fourth-order valence-corrected chi connectivity index (χ4v) is 3.42. The molecule has 0 spiro atoms. The second kappa shape index (κ2) is 9.81. The van der Waals surface area contributed by atoms with Gasteiger partial charge < -0.3 is 21.9 Å². The maximum Gasteiger partial charge on any atom is 0.259 e. The summed E-state index contributed by atoms with van der Waals surface area (Å²) in [7, 11) is 0. The van der Waals surface area contributed by atoms with E-state index in [0.717, 1.165) is 22.2 Å². The number of aryl methyl sites for hydroxylation is 2. The lowest BCUT2D eigenvalue weighted by Crippen LogP contribution is -2.13. The zero-order chi connectivity index (χ0) is 23.4. The fourth-order valence-electron chi connectivity index (χ4n) is 3.07. The van der Waals surface area contributed by atoms with Crippen molar-refractivity contribution < 1.29 is 9.90 Å². The molecule has 0 saturated carbocycles. The van der Waals surface area contributed by atoms with Gasteiger partial charge in [-0.1, -0.05) is 59.6 Å². The molecule has 0 unspecified atom stereocenters. The Morgan fingerprint density at radius 1 is 0.875 bits per heavy atom. The molecule has 7 heteroatoms. The number of fused-ring (bicyclic) bond motifs is 1. The van der Waals surface area contributed by atoms with Crippen LogP contribution in [0.5, 0.6) is 5.75 Å². The van der Waals surface area contributed by atoms with E-state index in [1.54, 1.807) is 30.3 Å². The third-order valence-corrected chi connectivity index (χ3v) is 5.46. The minimum Gasteiger partial charge on any atom is -0.505 e. The maximum absolute atomic E-state index is 12.5. The monoisotopic (exact) mass is 467 g/mol. The number of nitrogens with two attached hydrogens (primary N) is 2. The number of phenols is 1. The lowest BCUT2D eigenvalue weighted by Gasteiger charge is -2.12. The lowest BCUT2D eigenvalue weighted by molar-refractivity contribution is 0.102. The van der Waals surface area contributed by atoms with E-state index in [1.807, 2.05) is 50.2 Å². The molecule has 0 aliphatic carbocycles. The lowest BCUT2D eigenvalue weighted by atomic mass is 10.0. The number of hydrogen-bond donors (Lipinski definition) is 4. The number of amides is 1. The fraction of sp³-hybridized carbons (Fsp3) is 0.0800. The number of phenolic OH excluding ortho intramolecular Hbond substituents is 1. The summed E-state index contributed by atoms with van der Waals surface area (Å²) in [5.41, 5.74) is 15.1. The molecule has 0 heterocycles. The van der Waals surface area contributed by atoms with Gasteiger partial charge in [0.15, 0.2) is 5.75 Å². The van der Waals surface area contributed by atoms with Crippen molar-refractivity contribution in [3.8, 4) is 5.75 Å². The Morgan fingerprint density at radius 3 is 2.16 bits per heavy atom. The second-order valence-electron chi connectivity index (χ2n) is 7.32. The van der Waals surface area contributed by atoms with Gasteiger partial charge in [-0.2, -0.15) is 0 Å². The minimum absolute atomic E-state index is 0.126. The van der Waals surface area contributed by atoms with Gasteiger partial charge in [0.25, 0.3) is 5.91 Å². The molecule has 32 heavy (non-hydrogen) atoms. The van der Waals surface area contributed by atoms with Crippen LogP contribution < -0.4 is 16.8 Å². The standard InChI is InChI=1S/C18H15ClN2O2.C7H8ClN/c1-10-6-7-12(19)9-15(10)21-18(23)14-8-11-4-2-3-5-13(11)16(20)17(14)22;1-5-2-3-6(8)4-7(5)9/h2-9,22H,20H2,1H3,(H,21,23);2-4H,9H2,1H3.